The highest BCUT2D eigenvalue weighted by molar-refractivity contribution is 6.23. The lowest BCUT2D eigenvalue weighted by Gasteiger charge is -1.97. The van der Waals surface area contributed by atoms with Gasteiger partial charge in [0.15, 0.2) is 0 Å². The van der Waals surface area contributed by atoms with Gasteiger partial charge in [-0.2, -0.15) is 10.2 Å². The van der Waals surface area contributed by atoms with Crippen molar-refractivity contribution >= 4 is 34.5 Å². The first-order valence-corrected chi connectivity index (χ1v) is 5.70. The molecule has 0 fully saturated rings. The molecule has 2 aromatic rings. The van der Waals surface area contributed by atoms with Crippen LogP contribution in [0.1, 0.15) is 0 Å². The van der Waals surface area contributed by atoms with E-state index in [1.807, 2.05) is 0 Å². The number of benzene rings is 2. The number of hydrogen-bond acceptors (Lipinski definition) is 5. The Bertz CT molecular complexity index is 596. The fraction of sp³-hybridized carbons (Fsp3) is 0. The van der Waals surface area contributed by atoms with Crippen LogP contribution in [0.4, 0.5) is 22.7 Å². The van der Waals surface area contributed by atoms with E-state index >= 15 is 0 Å². The fourth-order valence-corrected chi connectivity index (χ4v) is 1.47. The number of halogens is 1. The molecule has 0 aromatic heterocycles. The molecule has 0 aliphatic rings. The molecule has 96 valence electrons. The quantitative estimate of drug-likeness (QED) is 0.384. The van der Waals surface area contributed by atoms with Crippen LogP contribution in [0.25, 0.3) is 0 Å². The van der Waals surface area contributed by atoms with Crippen molar-refractivity contribution in [3.05, 3.63) is 58.6 Å². The SMILES string of the molecule is O=[N+]([O-])c1ccc(N=Nc2ccc(NCl)cc2)cc1. The zero-order valence-corrected chi connectivity index (χ0v) is 10.4. The van der Waals surface area contributed by atoms with Gasteiger partial charge in [-0.1, -0.05) is 0 Å². The average molecular weight is 277 g/mol. The lowest BCUT2D eigenvalue weighted by molar-refractivity contribution is -0.384. The number of azo groups is 1. The summed E-state index contributed by atoms with van der Waals surface area (Å²) in [6.07, 6.45) is 0. The van der Waals surface area contributed by atoms with Gasteiger partial charge < -0.3 is 0 Å². The van der Waals surface area contributed by atoms with Crippen LogP contribution in [0, 0.1) is 10.1 Å². The number of nitro benzene ring substituents is 1. The minimum atomic E-state index is -0.460. The van der Waals surface area contributed by atoms with Crippen molar-refractivity contribution in [2.24, 2.45) is 10.2 Å². The number of nitro groups is 1. The van der Waals surface area contributed by atoms with Crippen LogP contribution >= 0.6 is 11.8 Å². The molecule has 0 aliphatic heterocycles. The monoisotopic (exact) mass is 276 g/mol. The molecule has 2 rings (SSSR count). The number of anilines is 1. The minimum absolute atomic E-state index is 0.0245. The Labute approximate surface area is 114 Å². The molecule has 0 aliphatic carbocycles. The van der Waals surface area contributed by atoms with E-state index in [0.717, 1.165) is 5.69 Å². The number of rotatable bonds is 4. The maximum absolute atomic E-state index is 10.5. The summed E-state index contributed by atoms with van der Waals surface area (Å²) in [6, 6.07) is 12.9. The molecule has 0 spiro atoms. The normalized spacial score (nSPS) is 10.6. The number of nitrogens with zero attached hydrogens (tertiary/aromatic N) is 3. The third-order valence-electron chi connectivity index (χ3n) is 2.32. The van der Waals surface area contributed by atoms with Gasteiger partial charge in [-0.3, -0.25) is 15.0 Å². The van der Waals surface area contributed by atoms with Crippen LogP contribution in [0.5, 0.6) is 0 Å². The highest BCUT2D eigenvalue weighted by Crippen LogP contribution is 2.22. The molecule has 0 heterocycles. The van der Waals surface area contributed by atoms with Crippen LogP contribution in [-0.4, -0.2) is 4.92 Å². The molecular formula is C12H9ClN4O2. The minimum Gasteiger partial charge on any atom is -0.299 e. The molecule has 0 saturated heterocycles. The molecule has 1 N–H and O–H groups in total. The largest absolute Gasteiger partial charge is 0.299 e. The number of non-ortho nitro benzene ring substituents is 1. The molecule has 19 heavy (non-hydrogen) atoms. The lowest BCUT2D eigenvalue weighted by atomic mass is 10.3. The van der Waals surface area contributed by atoms with Gasteiger partial charge in [0, 0.05) is 29.6 Å². The van der Waals surface area contributed by atoms with Gasteiger partial charge >= 0.3 is 0 Å². The summed E-state index contributed by atoms with van der Waals surface area (Å²) < 4.78 is 0. The standard InChI is InChI=1S/C12H9ClN4O2/c13-14-9-1-3-10(4-2-9)15-16-11-5-7-12(8-6-11)17(18)19/h1-8,14H. The highest BCUT2D eigenvalue weighted by Gasteiger charge is 2.02. The zero-order valence-electron chi connectivity index (χ0n) is 9.65. The van der Waals surface area contributed by atoms with Gasteiger partial charge in [-0.25, -0.2) is 0 Å². The van der Waals surface area contributed by atoms with Crippen molar-refractivity contribution < 1.29 is 4.92 Å². The van der Waals surface area contributed by atoms with E-state index in [9.17, 15) is 10.1 Å². The third-order valence-corrected chi connectivity index (χ3v) is 2.54. The zero-order chi connectivity index (χ0) is 13.7. The van der Waals surface area contributed by atoms with Crippen molar-refractivity contribution in [1.82, 2.24) is 0 Å². The maximum Gasteiger partial charge on any atom is 0.269 e. The Kier molecular flexibility index (Phi) is 4.04. The second kappa shape index (κ2) is 5.92. The molecule has 0 saturated carbocycles. The third kappa shape index (κ3) is 3.49. The van der Waals surface area contributed by atoms with E-state index < -0.39 is 4.92 Å². The van der Waals surface area contributed by atoms with E-state index in [4.69, 9.17) is 11.8 Å². The van der Waals surface area contributed by atoms with Crippen molar-refractivity contribution in [3.63, 3.8) is 0 Å². The van der Waals surface area contributed by atoms with Crippen LogP contribution in [0.15, 0.2) is 58.8 Å². The van der Waals surface area contributed by atoms with Gasteiger partial charge in [-0.15, -0.1) is 0 Å². The van der Waals surface area contributed by atoms with E-state index in [1.54, 1.807) is 24.3 Å². The van der Waals surface area contributed by atoms with E-state index in [-0.39, 0.29) is 5.69 Å². The van der Waals surface area contributed by atoms with Crippen LogP contribution in [0.3, 0.4) is 0 Å². The summed E-state index contributed by atoms with van der Waals surface area (Å²) in [4.78, 5) is 12.5. The topological polar surface area (TPSA) is 79.9 Å². The lowest BCUT2D eigenvalue weighted by Crippen LogP contribution is -1.85. The summed E-state index contributed by atoms with van der Waals surface area (Å²) in [6.45, 7) is 0. The predicted octanol–water partition coefficient (Wildman–Crippen LogP) is 4.58. The first-order valence-electron chi connectivity index (χ1n) is 5.32. The Morgan fingerprint density at radius 2 is 1.42 bits per heavy atom. The van der Waals surface area contributed by atoms with Gasteiger partial charge in [0.2, 0.25) is 0 Å². The van der Waals surface area contributed by atoms with E-state index in [1.165, 1.54) is 24.3 Å². The highest BCUT2D eigenvalue weighted by atomic mass is 35.5. The van der Waals surface area contributed by atoms with E-state index in [0.29, 0.717) is 11.4 Å². The summed E-state index contributed by atoms with van der Waals surface area (Å²) in [5.74, 6) is 0. The Morgan fingerprint density at radius 3 is 1.84 bits per heavy atom. The smallest absolute Gasteiger partial charge is 0.269 e. The molecule has 0 unspecified atom stereocenters. The van der Waals surface area contributed by atoms with Gasteiger partial charge in [0.25, 0.3) is 5.69 Å². The second-order valence-corrected chi connectivity index (χ2v) is 3.80. The van der Waals surface area contributed by atoms with Crippen LogP contribution in [-0.2, 0) is 0 Å². The summed E-state index contributed by atoms with van der Waals surface area (Å²) in [5, 5.41) is 18.5. The predicted molar refractivity (Wildman–Crippen MR) is 73.2 cm³/mol. The summed E-state index contributed by atoms with van der Waals surface area (Å²) in [5.41, 5.74) is 1.99. The van der Waals surface area contributed by atoms with E-state index in [2.05, 4.69) is 15.1 Å². The first kappa shape index (κ1) is 13.0. The van der Waals surface area contributed by atoms with Crippen LogP contribution < -0.4 is 4.84 Å². The fourth-order valence-electron chi connectivity index (χ4n) is 1.35. The molecule has 0 radical (unpaired) electrons. The van der Waals surface area contributed by atoms with Crippen molar-refractivity contribution in [1.29, 1.82) is 0 Å². The van der Waals surface area contributed by atoms with Gasteiger partial charge in [-0.05, 0) is 36.4 Å². The number of nitrogens with one attached hydrogen (secondary N) is 1. The molecule has 0 atom stereocenters. The van der Waals surface area contributed by atoms with Crippen LogP contribution in [0.2, 0.25) is 0 Å². The Hall–Kier alpha value is -2.47. The number of hydrogen-bond donors (Lipinski definition) is 1. The second-order valence-electron chi connectivity index (χ2n) is 3.61. The molecule has 7 heteroatoms. The summed E-state index contributed by atoms with van der Waals surface area (Å²) in [7, 11) is 0. The van der Waals surface area contributed by atoms with Gasteiger partial charge in [0.1, 0.15) is 0 Å². The molecule has 0 bridgehead atoms. The average Bonchev–Trinajstić information content (AvgIpc) is 2.46. The molecule has 6 nitrogen and oxygen atoms in total. The summed E-state index contributed by atoms with van der Waals surface area (Å²) >= 11 is 5.43. The molecule has 0 amide bonds. The van der Waals surface area contributed by atoms with Crippen molar-refractivity contribution in [2.75, 3.05) is 4.84 Å². The molecule has 2 aromatic carbocycles. The Balaban J connectivity index is 2.10. The molecular weight excluding hydrogens is 268 g/mol. The Morgan fingerprint density at radius 1 is 0.947 bits per heavy atom. The maximum atomic E-state index is 10.5. The first-order chi connectivity index (χ1) is 9.19. The van der Waals surface area contributed by atoms with Crippen molar-refractivity contribution in [2.45, 2.75) is 0 Å². The van der Waals surface area contributed by atoms with Gasteiger partial charge in [0.05, 0.1) is 16.3 Å². The van der Waals surface area contributed by atoms with Crippen molar-refractivity contribution in [3.8, 4) is 0 Å².